The third-order valence-electron chi connectivity index (χ3n) is 6.12. The molecule has 1 fully saturated rings. The van der Waals surface area contributed by atoms with Crippen LogP contribution in [0, 0.1) is 5.92 Å². The largest absolute Gasteiger partial charge is 0.497 e. The first kappa shape index (κ1) is 24.5. The van der Waals surface area contributed by atoms with Gasteiger partial charge in [-0.15, -0.1) is 0 Å². The van der Waals surface area contributed by atoms with Crippen LogP contribution >= 0.6 is 22.6 Å². The van der Waals surface area contributed by atoms with E-state index in [1.165, 1.54) is 11.0 Å². The number of fused-ring (bicyclic) bond motifs is 1. The quantitative estimate of drug-likeness (QED) is 0.338. The summed E-state index contributed by atoms with van der Waals surface area (Å²) < 4.78 is 7.97. The number of alkyl halides is 1. The molecule has 1 aliphatic rings. The molecule has 3 aromatic rings. The lowest BCUT2D eigenvalue weighted by Gasteiger charge is -2.33. The number of rotatable bonds is 7. The highest BCUT2D eigenvalue weighted by atomic mass is 127. The Hall–Kier alpha value is -2.62. The Morgan fingerprint density at radius 2 is 2.09 bits per heavy atom. The van der Waals surface area contributed by atoms with Gasteiger partial charge in [0.05, 0.1) is 18.0 Å². The molecule has 1 N–H and O–H groups in total. The van der Waals surface area contributed by atoms with Crippen molar-refractivity contribution in [3.63, 3.8) is 0 Å². The summed E-state index contributed by atoms with van der Waals surface area (Å²) in [5.74, 6) is 1.55. The van der Waals surface area contributed by atoms with Crippen LogP contribution in [0.3, 0.4) is 0 Å². The van der Waals surface area contributed by atoms with Gasteiger partial charge in [0.15, 0.2) is 0 Å². The van der Waals surface area contributed by atoms with Crippen LogP contribution in [0.15, 0.2) is 47.3 Å². The zero-order chi connectivity index (χ0) is 24.2. The highest BCUT2D eigenvalue weighted by molar-refractivity contribution is 14.1. The third kappa shape index (κ3) is 5.37. The molecule has 180 valence electrons. The molecular formula is C26H31IN4O3. The molecule has 4 rings (SSSR count). The second-order valence-electron chi connectivity index (χ2n) is 9.09. The summed E-state index contributed by atoms with van der Waals surface area (Å²) in [6.45, 7) is 5.68. The number of ether oxygens (including phenoxy) is 1. The van der Waals surface area contributed by atoms with Crippen molar-refractivity contribution in [2.75, 3.05) is 29.5 Å². The van der Waals surface area contributed by atoms with Crippen molar-refractivity contribution in [3.8, 4) is 17.1 Å². The summed E-state index contributed by atoms with van der Waals surface area (Å²) >= 11 is 2.46. The van der Waals surface area contributed by atoms with Crippen molar-refractivity contribution in [1.82, 2.24) is 14.9 Å². The minimum Gasteiger partial charge on any atom is -0.497 e. The molecule has 0 aliphatic carbocycles. The van der Waals surface area contributed by atoms with Crippen LogP contribution in [0.4, 0.5) is 5.69 Å². The summed E-state index contributed by atoms with van der Waals surface area (Å²) in [6.07, 6.45) is 2.40. The molecule has 1 unspecified atom stereocenters. The van der Waals surface area contributed by atoms with Gasteiger partial charge < -0.3 is 15.0 Å². The number of nitrogens with one attached hydrogen (secondary N) is 1. The van der Waals surface area contributed by atoms with E-state index in [4.69, 9.17) is 9.72 Å². The standard InChI is InChI=1S/C26H31IN4O3/c1-17(2)28-24(32)16-31-25(19-7-4-8-21(12-19)34-3)29-23-10-9-20(13-22(23)26(31)33)30-11-5-6-18(14-27)15-30/h4,7-10,12-13,17-18H,5-6,11,14-16H2,1-3H3,(H,28,32). The minimum atomic E-state index is -0.223. The number of anilines is 1. The number of carbonyl (C=O) groups is 1. The second kappa shape index (κ2) is 10.8. The van der Waals surface area contributed by atoms with E-state index in [0.29, 0.717) is 28.4 Å². The van der Waals surface area contributed by atoms with Crippen LogP contribution in [-0.4, -0.2) is 46.1 Å². The van der Waals surface area contributed by atoms with E-state index in [1.54, 1.807) is 7.11 Å². The summed E-state index contributed by atoms with van der Waals surface area (Å²) in [5, 5.41) is 3.41. The van der Waals surface area contributed by atoms with Gasteiger partial charge in [-0.1, -0.05) is 34.7 Å². The van der Waals surface area contributed by atoms with E-state index in [9.17, 15) is 9.59 Å². The highest BCUT2D eigenvalue weighted by Crippen LogP contribution is 2.28. The summed E-state index contributed by atoms with van der Waals surface area (Å²) in [7, 11) is 1.60. The number of hydrogen-bond acceptors (Lipinski definition) is 5. The van der Waals surface area contributed by atoms with Crippen molar-refractivity contribution in [2.45, 2.75) is 39.3 Å². The zero-order valence-electron chi connectivity index (χ0n) is 19.9. The molecule has 8 heteroatoms. The lowest BCUT2D eigenvalue weighted by Crippen LogP contribution is -2.37. The van der Waals surface area contributed by atoms with E-state index in [1.807, 2.05) is 50.2 Å². The Balaban J connectivity index is 1.83. The van der Waals surface area contributed by atoms with E-state index in [-0.39, 0.29) is 24.1 Å². The third-order valence-corrected chi connectivity index (χ3v) is 7.37. The molecule has 0 bridgehead atoms. The number of benzene rings is 2. The SMILES string of the molecule is COc1cccc(-c2nc3ccc(N4CCCC(CI)C4)cc3c(=O)n2CC(=O)NC(C)C)c1. The Labute approximate surface area is 213 Å². The topological polar surface area (TPSA) is 76.5 Å². The molecule has 7 nitrogen and oxygen atoms in total. The molecule has 1 aliphatic heterocycles. The number of methoxy groups -OCH3 is 1. The van der Waals surface area contributed by atoms with Crippen molar-refractivity contribution in [2.24, 2.45) is 5.92 Å². The summed E-state index contributed by atoms with van der Waals surface area (Å²) in [5.41, 5.74) is 2.16. The van der Waals surface area contributed by atoms with Crippen molar-refractivity contribution >= 4 is 45.1 Å². The van der Waals surface area contributed by atoms with E-state index < -0.39 is 0 Å². The van der Waals surface area contributed by atoms with Crippen LogP contribution in [0.1, 0.15) is 26.7 Å². The number of halogens is 1. The predicted molar refractivity (Wildman–Crippen MR) is 145 cm³/mol. The fourth-order valence-corrected chi connectivity index (χ4v) is 5.19. The monoisotopic (exact) mass is 574 g/mol. The average Bonchev–Trinajstić information content (AvgIpc) is 2.85. The smallest absolute Gasteiger partial charge is 0.262 e. The van der Waals surface area contributed by atoms with Crippen LogP contribution in [0.25, 0.3) is 22.3 Å². The summed E-state index contributed by atoms with van der Waals surface area (Å²) in [6, 6.07) is 13.3. The van der Waals surface area contributed by atoms with Gasteiger partial charge in [0.25, 0.3) is 5.56 Å². The first-order valence-corrected chi connectivity index (χ1v) is 13.2. The van der Waals surface area contributed by atoms with Gasteiger partial charge in [-0.25, -0.2) is 4.98 Å². The molecular weight excluding hydrogens is 543 g/mol. The Bertz CT molecular complexity index is 1240. The zero-order valence-corrected chi connectivity index (χ0v) is 22.0. The van der Waals surface area contributed by atoms with Crippen molar-refractivity contribution in [1.29, 1.82) is 0 Å². The predicted octanol–water partition coefficient (Wildman–Crippen LogP) is 4.25. The summed E-state index contributed by atoms with van der Waals surface area (Å²) in [4.78, 5) is 33.6. The molecule has 2 heterocycles. The Morgan fingerprint density at radius 1 is 1.26 bits per heavy atom. The molecule has 34 heavy (non-hydrogen) atoms. The van der Waals surface area contributed by atoms with Crippen LogP contribution in [-0.2, 0) is 11.3 Å². The number of hydrogen-bond donors (Lipinski definition) is 1. The van der Waals surface area contributed by atoms with Gasteiger partial charge in [-0.05, 0) is 62.9 Å². The first-order chi connectivity index (χ1) is 16.4. The van der Waals surface area contributed by atoms with Crippen molar-refractivity contribution in [3.05, 3.63) is 52.8 Å². The fourth-order valence-electron chi connectivity index (χ4n) is 4.47. The number of nitrogens with zero attached hydrogens (tertiary/aromatic N) is 3. The highest BCUT2D eigenvalue weighted by Gasteiger charge is 2.21. The van der Waals surface area contributed by atoms with E-state index in [0.717, 1.165) is 35.2 Å². The second-order valence-corrected chi connectivity index (χ2v) is 9.97. The molecule has 0 radical (unpaired) electrons. The van der Waals surface area contributed by atoms with Gasteiger partial charge in [-0.2, -0.15) is 0 Å². The first-order valence-electron chi connectivity index (χ1n) is 11.7. The van der Waals surface area contributed by atoms with Gasteiger partial charge >= 0.3 is 0 Å². The number of carbonyl (C=O) groups excluding carboxylic acids is 1. The van der Waals surface area contributed by atoms with Crippen LogP contribution in [0.2, 0.25) is 0 Å². The minimum absolute atomic E-state index is 0.0200. The molecule has 0 saturated carbocycles. The molecule has 1 saturated heterocycles. The van der Waals surface area contributed by atoms with Gasteiger partial charge in [0.2, 0.25) is 5.91 Å². The fraction of sp³-hybridized carbons (Fsp3) is 0.423. The van der Waals surface area contributed by atoms with E-state index in [2.05, 4.69) is 38.9 Å². The number of amides is 1. The average molecular weight is 574 g/mol. The Kier molecular flexibility index (Phi) is 7.75. The molecule has 1 aromatic heterocycles. The van der Waals surface area contributed by atoms with Crippen LogP contribution in [0.5, 0.6) is 5.75 Å². The molecule has 0 spiro atoms. The normalized spacial score (nSPS) is 16.1. The number of piperidine rings is 1. The lowest BCUT2D eigenvalue weighted by atomic mass is 9.99. The lowest BCUT2D eigenvalue weighted by molar-refractivity contribution is -0.122. The molecule has 1 amide bonds. The molecule has 1 atom stereocenters. The maximum absolute atomic E-state index is 13.7. The Morgan fingerprint density at radius 3 is 2.82 bits per heavy atom. The maximum Gasteiger partial charge on any atom is 0.262 e. The van der Waals surface area contributed by atoms with Gasteiger partial charge in [-0.3, -0.25) is 14.2 Å². The van der Waals surface area contributed by atoms with Gasteiger partial charge in [0.1, 0.15) is 18.1 Å². The van der Waals surface area contributed by atoms with Crippen LogP contribution < -0.4 is 20.5 Å². The van der Waals surface area contributed by atoms with Crippen molar-refractivity contribution < 1.29 is 9.53 Å². The van der Waals surface area contributed by atoms with E-state index >= 15 is 0 Å². The van der Waals surface area contributed by atoms with Gasteiger partial charge in [0, 0.05) is 34.8 Å². The maximum atomic E-state index is 13.7. The molecule has 2 aromatic carbocycles. The number of aromatic nitrogens is 2.